The lowest BCUT2D eigenvalue weighted by Crippen LogP contribution is -2.15. The van der Waals surface area contributed by atoms with Gasteiger partial charge in [-0.15, -0.1) is 0 Å². The van der Waals surface area contributed by atoms with Crippen molar-refractivity contribution in [1.29, 1.82) is 0 Å². The molecular weight excluding hydrogens is 234 g/mol. The van der Waals surface area contributed by atoms with Crippen LogP contribution in [0.4, 0.5) is 0 Å². The van der Waals surface area contributed by atoms with Crippen molar-refractivity contribution in [2.45, 2.75) is 13.1 Å². The fourth-order valence-corrected chi connectivity index (χ4v) is 2.32. The van der Waals surface area contributed by atoms with Gasteiger partial charge in [-0.2, -0.15) is 0 Å². The molecule has 0 saturated carbocycles. The van der Waals surface area contributed by atoms with Crippen molar-refractivity contribution in [3.63, 3.8) is 0 Å². The van der Waals surface area contributed by atoms with Gasteiger partial charge in [-0.05, 0) is 16.3 Å². The van der Waals surface area contributed by atoms with Gasteiger partial charge >= 0.3 is 0 Å². The Bertz CT molecular complexity index is 680. The van der Waals surface area contributed by atoms with Crippen LogP contribution in [0.15, 0.2) is 54.9 Å². The molecule has 0 saturated heterocycles. The van der Waals surface area contributed by atoms with Crippen LogP contribution < -0.4 is 5.32 Å². The third-order valence-corrected chi connectivity index (χ3v) is 3.40. The molecule has 0 aliphatic heterocycles. The van der Waals surface area contributed by atoms with Gasteiger partial charge in [0.25, 0.3) is 0 Å². The second-order valence-corrected chi connectivity index (χ2v) is 4.70. The number of nitrogens with one attached hydrogen (secondary N) is 1. The van der Waals surface area contributed by atoms with E-state index in [0.717, 1.165) is 18.9 Å². The summed E-state index contributed by atoms with van der Waals surface area (Å²) in [7, 11) is 2.02. The molecule has 1 heterocycles. The second kappa shape index (κ2) is 5.24. The Labute approximate surface area is 112 Å². The van der Waals surface area contributed by atoms with E-state index >= 15 is 0 Å². The second-order valence-electron chi connectivity index (χ2n) is 4.70. The fourth-order valence-electron chi connectivity index (χ4n) is 2.32. The molecule has 0 bridgehead atoms. The van der Waals surface area contributed by atoms with E-state index in [4.69, 9.17) is 0 Å². The summed E-state index contributed by atoms with van der Waals surface area (Å²) < 4.78 is 2.04. The third kappa shape index (κ3) is 2.51. The van der Waals surface area contributed by atoms with E-state index in [2.05, 4.69) is 52.8 Å². The zero-order valence-electron chi connectivity index (χ0n) is 11.0. The number of hydrogen-bond donors (Lipinski definition) is 1. The van der Waals surface area contributed by atoms with Gasteiger partial charge in [-0.25, -0.2) is 4.98 Å². The highest BCUT2D eigenvalue weighted by atomic mass is 15.1. The molecule has 1 N–H and O–H groups in total. The predicted molar refractivity (Wildman–Crippen MR) is 77.7 cm³/mol. The first-order valence-corrected chi connectivity index (χ1v) is 6.48. The van der Waals surface area contributed by atoms with Crippen molar-refractivity contribution in [1.82, 2.24) is 14.9 Å². The molecule has 0 fully saturated rings. The summed E-state index contributed by atoms with van der Waals surface area (Å²) in [5.41, 5.74) is 1.33. The molecule has 0 unspecified atom stereocenters. The van der Waals surface area contributed by atoms with Crippen molar-refractivity contribution in [3.8, 4) is 0 Å². The molecule has 1 aromatic heterocycles. The Balaban J connectivity index is 1.74. The summed E-state index contributed by atoms with van der Waals surface area (Å²) in [4.78, 5) is 4.31. The van der Waals surface area contributed by atoms with Gasteiger partial charge in [0.1, 0.15) is 5.82 Å². The minimum absolute atomic E-state index is 0.784. The highest BCUT2D eigenvalue weighted by Gasteiger charge is 2.01. The molecule has 3 heteroatoms. The smallest absolute Gasteiger partial charge is 0.122 e. The van der Waals surface area contributed by atoms with Crippen LogP contribution in [-0.2, 0) is 20.1 Å². The molecule has 3 nitrogen and oxygen atoms in total. The molecular formula is C16H17N3. The quantitative estimate of drug-likeness (QED) is 0.772. The summed E-state index contributed by atoms with van der Waals surface area (Å²) in [6.45, 7) is 1.64. The standard InChI is InChI=1S/C16H17N3/c1-19-10-9-18-16(19)12-17-11-14-7-4-6-13-5-2-3-8-15(13)14/h2-10,17H,11-12H2,1H3. The number of hydrogen-bond acceptors (Lipinski definition) is 2. The number of fused-ring (bicyclic) bond motifs is 1. The molecule has 0 spiro atoms. The average molecular weight is 251 g/mol. The average Bonchev–Trinajstić information content (AvgIpc) is 2.85. The van der Waals surface area contributed by atoms with Gasteiger partial charge in [0.2, 0.25) is 0 Å². The maximum absolute atomic E-state index is 4.31. The molecule has 19 heavy (non-hydrogen) atoms. The first-order chi connectivity index (χ1) is 9.34. The predicted octanol–water partition coefficient (Wildman–Crippen LogP) is 2.86. The van der Waals surface area contributed by atoms with Gasteiger partial charge in [0.05, 0.1) is 6.54 Å². The normalized spacial score (nSPS) is 11.0. The Morgan fingerprint density at radius 1 is 1.05 bits per heavy atom. The van der Waals surface area contributed by atoms with Crippen LogP contribution in [-0.4, -0.2) is 9.55 Å². The molecule has 3 aromatic rings. The summed E-state index contributed by atoms with van der Waals surface area (Å²) in [6.07, 6.45) is 3.80. The summed E-state index contributed by atoms with van der Waals surface area (Å²) in [5.74, 6) is 1.06. The SMILES string of the molecule is Cn1ccnc1CNCc1cccc2ccccc12. The van der Waals surface area contributed by atoms with Gasteiger partial charge in [-0.1, -0.05) is 42.5 Å². The fraction of sp³-hybridized carbons (Fsp3) is 0.188. The lowest BCUT2D eigenvalue weighted by molar-refractivity contribution is 0.641. The number of imidazole rings is 1. The van der Waals surface area contributed by atoms with E-state index in [9.17, 15) is 0 Å². The van der Waals surface area contributed by atoms with E-state index < -0.39 is 0 Å². The minimum atomic E-state index is 0.784. The summed E-state index contributed by atoms with van der Waals surface area (Å²) in [5, 5.41) is 6.06. The van der Waals surface area contributed by atoms with Crippen molar-refractivity contribution >= 4 is 10.8 Å². The Hall–Kier alpha value is -2.13. The van der Waals surface area contributed by atoms with Crippen LogP contribution in [0.2, 0.25) is 0 Å². The van der Waals surface area contributed by atoms with Crippen LogP contribution >= 0.6 is 0 Å². The van der Waals surface area contributed by atoms with Crippen molar-refractivity contribution < 1.29 is 0 Å². The third-order valence-electron chi connectivity index (χ3n) is 3.40. The maximum atomic E-state index is 4.31. The van der Waals surface area contributed by atoms with Gasteiger partial charge in [0.15, 0.2) is 0 Å². The van der Waals surface area contributed by atoms with E-state index in [1.165, 1.54) is 16.3 Å². The molecule has 2 aromatic carbocycles. The topological polar surface area (TPSA) is 29.9 Å². The van der Waals surface area contributed by atoms with Crippen molar-refractivity contribution in [2.75, 3.05) is 0 Å². The molecule has 96 valence electrons. The zero-order valence-corrected chi connectivity index (χ0v) is 11.0. The van der Waals surface area contributed by atoms with E-state index in [0.29, 0.717) is 0 Å². The van der Waals surface area contributed by atoms with Gasteiger partial charge in [-0.3, -0.25) is 0 Å². The number of nitrogens with zero attached hydrogens (tertiary/aromatic N) is 2. The number of aromatic nitrogens is 2. The largest absolute Gasteiger partial charge is 0.337 e. The van der Waals surface area contributed by atoms with E-state index in [-0.39, 0.29) is 0 Å². The molecule has 0 aliphatic rings. The molecule has 0 radical (unpaired) electrons. The number of aryl methyl sites for hydroxylation is 1. The minimum Gasteiger partial charge on any atom is -0.337 e. The van der Waals surface area contributed by atoms with E-state index in [1.807, 2.05) is 24.0 Å². The van der Waals surface area contributed by atoms with Crippen LogP contribution in [0.5, 0.6) is 0 Å². The van der Waals surface area contributed by atoms with Crippen molar-refractivity contribution in [2.24, 2.45) is 7.05 Å². The first kappa shape index (κ1) is 11.9. The van der Waals surface area contributed by atoms with Crippen LogP contribution in [0.25, 0.3) is 10.8 Å². The molecule has 3 rings (SSSR count). The van der Waals surface area contributed by atoms with E-state index in [1.54, 1.807) is 0 Å². The molecule has 0 aliphatic carbocycles. The van der Waals surface area contributed by atoms with Crippen LogP contribution in [0, 0.1) is 0 Å². The maximum Gasteiger partial charge on any atom is 0.122 e. The van der Waals surface area contributed by atoms with Gasteiger partial charge in [0, 0.05) is 26.0 Å². The Kier molecular flexibility index (Phi) is 3.29. The lowest BCUT2D eigenvalue weighted by Gasteiger charge is -2.08. The lowest BCUT2D eigenvalue weighted by atomic mass is 10.0. The Morgan fingerprint density at radius 2 is 1.89 bits per heavy atom. The highest BCUT2D eigenvalue weighted by Crippen LogP contribution is 2.18. The first-order valence-electron chi connectivity index (χ1n) is 6.48. The summed E-state index contributed by atoms with van der Waals surface area (Å²) in [6, 6.07) is 14.9. The molecule has 0 atom stereocenters. The molecule has 0 amide bonds. The van der Waals surface area contributed by atoms with Crippen molar-refractivity contribution in [3.05, 3.63) is 66.2 Å². The monoisotopic (exact) mass is 251 g/mol. The number of benzene rings is 2. The highest BCUT2D eigenvalue weighted by molar-refractivity contribution is 5.85. The van der Waals surface area contributed by atoms with Crippen LogP contribution in [0.1, 0.15) is 11.4 Å². The Morgan fingerprint density at radius 3 is 2.74 bits per heavy atom. The van der Waals surface area contributed by atoms with Crippen LogP contribution in [0.3, 0.4) is 0 Å². The van der Waals surface area contributed by atoms with Gasteiger partial charge < -0.3 is 9.88 Å². The number of rotatable bonds is 4. The zero-order chi connectivity index (χ0) is 13.1. The summed E-state index contributed by atoms with van der Waals surface area (Å²) >= 11 is 0.